The molecule has 0 radical (unpaired) electrons. The number of benzene rings is 1. The van der Waals surface area contributed by atoms with Crippen molar-refractivity contribution in [1.29, 1.82) is 0 Å². The summed E-state index contributed by atoms with van der Waals surface area (Å²) in [7, 11) is -3.97. The second-order valence-corrected chi connectivity index (χ2v) is 13.1. The van der Waals surface area contributed by atoms with E-state index in [1.54, 1.807) is 30.3 Å². The predicted octanol–water partition coefficient (Wildman–Crippen LogP) is 5.70. The molecular formula is C36H51N6O7P. The molecule has 2 heterocycles. The lowest BCUT2D eigenvalue weighted by molar-refractivity contribution is -0.121. The van der Waals surface area contributed by atoms with Crippen LogP contribution in [-0.2, 0) is 18.6 Å². The third-order valence-corrected chi connectivity index (χ3v) is 8.87. The number of carbonyl (C=O) groups excluding carboxylic acids is 1. The highest BCUT2D eigenvalue weighted by molar-refractivity contribution is 7.52. The van der Waals surface area contributed by atoms with E-state index in [2.05, 4.69) is 88.1 Å². The first-order valence-electron chi connectivity index (χ1n) is 17.1. The number of ether oxygens (including phenoxy) is 1. The molecule has 1 saturated heterocycles. The topological polar surface area (TPSA) is 180 Å². The lowest BCUT2D eigenvalue weighted by atomic mass is 10.2. The Balaban J connectivity index is 1.33. The number of nitrogens with two attached hydrogens (primary N) is 1. The van der Waals surface area contributed by atoms with Gasteiger partial charge in [0.25, 0.3) is 0 Å². The van der Waals surface area contributed by atoms with Crippen molar-refractivity contribution >= 4 is 19.6 Å². The van der Waals surface area contributed by atoms with Gasteiger partial charge in [0.2, 0.25) is 11.9 Å². The van der Waals surface area contributed by atoms with E-state index in [0.29, 0.717) is 18.6 Å². The third-order valence-electron chi connectivity index (χ3n) is 7.32. The highest BCUT2D eigenvalue weighted by Crippen LogP contribution is 2.45. The molecule has 1 aliphatic heterocycles. The molecule has 13 nitrogen and oxygen atoms in total. The number of hydrogen-bond donors (Lipinski definition) is 4. The fraction of sp³-hybridized carbons (Fsp3) is 0.444. The molecule has 1 aliphatic rings. The van der Waals surface area contributed by atoms with E-state index in [9.17, 15) is 19.3 Å². The SMILES string of the molecule is CC/C=C\C/C=C\C/C=C\C/C=C\C/C=C\CCCC(=O)NCCNP(=O)(OC[C@H]1OC(n2cnc(N)nc2=O)C[C@@H]1O)Oc1ccccc1. The summed E-state index contributed by atoms with van der Waals surface area (Å²) in [5, 5.41) is 16.1. The van der Waals surface area contributed by atoms with E-state index in [0.717, 1.165) is 43.1 Å². The Hall–Kier alpha value is -4.13. The number of aliphatic hydroxyl groups is 1. The summed E-state index contributed by atoms with van der Waals surface area (Å²) in [4.78, 5) is 31.9. The van der Waals surface area contributed by atoms with Gasteiger partial charge >= 0.3 is 13.4 Å². The van der Waals surface area contributed by atoms with Crippen molar-refractivity contribution in [2.45, 2.75) is 83.1 Å². The van der Waals surface area contributed by atoms with E-state index in [1.807, 2.05) is 0 Å². The molecule has 3 rings (SSSR count). The van der Waals surface area contributed by atoms with Crippen LogP contribution in [0, 0.1) is 0 Å². The molecule has 0 aliphatic carbocycles. The normalized spacial score (nSPS) is 19.4. The first-order valence-corrected chi connectivity index (χ1v) is 18.6. The molecule has 1 aromatic heterocycles. The molecule has 50 heavy (non-hydrogen) atoms. The maximum Gasteiger partial charge on any atom is 0.458 e. The van der Waals surface area contributed by atoms with Crippen molar-refractivity contribution in [3.63, 3.8) is 0 Å². The lowest BCUT2D eigenvalue weighted by Gasteiger charge is -2.22. The van der Waals surface area contributed by atoms with Gasteiger partial charge in [-0.1, -0.05) is 85.9 Å². The number of nitrogen functional groups attached to an aromatic ring is 1. The highest BCUT2D eigenvalue weighted by atomic mass is 31.2. The Morgan fingerprint density at radius 3 is 2.30 bits per heavy atom. The van der Waals surface area contributed by atoms with Crippen molar-refractivity contribution in [1.82, 2.24) is 24.9 Å². The maximum atomic E-state index is 13.7. The summed E-state index contributed by atoms with van der Waals surface area (Å²) in [5.74, 6) is 0.0142. The number of rotatable bonds is 23. The van der Waals surface area contributed by atoms with E-state index in [1.165, 1.54) is 6.33 Å². The fourth-order valence-corrected chi connectivity index (χ4v) is 6.05. The van der Waals surface area contributed by atoms with Crippen LogP contribution in [0.3, 0.4) is 0 Å². The monoisotopic (exact) mass is 710 g/mol. The number of allylic oxidation sites excluding steroid dienone is 10. The minimum Gasteiger partial charge on any atom is -0.413 e. The van der Waals surface area contributed by atoms with Gasteiger partial charge in [-0.2, -0.15) is 4.98 Å². The minimum absolute atomic E-state index is 0.0611. The lowest BCUT2D eigenvalue weighted by Crippen LogP contribution is -2.33. The van der Waals surface area contributed by atoms with Crippen LogP contribution in [0.2, 0.25) is 0 Å². The van der Waals surface area contributed by atoms with Crippen LogP contribution in [0.5, 0.6) is 5.75 Å². The Kier molecular flexibility index (Phi) is 18.8. The molecule has 1 aromatic carbocycles. The summed E-state index contributed by atoms with van der Waals surface area (Å²) in [5.41, 5.74) is 4.78. The van der Waals surface area contributed by atoms with E-state index < -0.39 is 31.9 Å². The molecule has 0 bridgehead atoms. The summed E-state index contributed by atoms with van der Waals surface area (Å²) >= 11 is 0. The number of aliphatic hydroxyl groups excluding tert-OH is 1. The van der Waals surface area contributed by atoms with Gasteiger partial charge in [0.05, 0.1) is 12.7 Å². The van der Waals surface area contributed by atoms with Crippen LogP contribution in [0.1, 0.15) is 70.9 Å². The van der Waals surface area contributed by atoms with E-state index in [4.69, 9.17) is 19.5 Å². The summed E-state index contributed by atoms with van der Waals surface area (Å²) < 4.78 is 31.9. The number of hydrogen-bond acceptors (Lipinski definition) is 10. The van der Waals surface area contributed by atoms with Crippen molar-refractivity contribution < 1.29 is 28.3 Å². The van der Waals surface area contributed by atoms with Crippen LogP contribution in [0.15, 0.2) is 102 Å². The minimum atomic E-state index is -3.97. The zero-order valence-electron chi connectivity index (χ0n) is 28.7. The number of para-hydroxylation sites is 1. The molecule has 1 fully saturated rings. The third kappa shape index (κ3) is 16.1. The quantitative estimate of drug-likeness (QED) is 0.0631. The molecule has 0 saturated carbocycles. The van der Waals surface area contributed by atoms with Crippen LogP contribution in [-0.4, -0.2) is 57.5 Å². The van der Waals surface area contributed by atoms with E-state index in [-0.39, 0.29) is 38.0 Å². The fourth-order valence-electron chi connectivity index (χ4n) is 4.72. The largest absolute Gasteiger partial charge is 0.458 e. The number of nitrogens with one attached hydrogen (secondary N) is 2. The van der Waals surface area contributed by atoms with Crippen LogP contribution in [0.25, 0.3) is 0 Å². The summed E-state index contributed by atoms with van der Waals surface area (Å²) in [6.45, 7) is 2.12. The Morgan fingerprint density at radius 1 is 1.02 bits per heavy atom. The molecule has 5 N–H and O–H groups in total. The van der Waals surface area contributed by atoms with Crippen LogP contribution >= 0.6 is 7.75 Å². The van der Waals surface area contributed by atoms with Crippen molar-refractivity contribution in [2.75, 3.05) is 25.4 Å². The van der Waals surface area contributed by atoms with Crippen LogP contribution in [0.4, 0.5) is 5.95 Å². The first kappa shape index (κ1) is 40.3. The Bertz CT molecular complexity index is 1540. The number of aromatic nitrogens is 3. The Labute approximate surface area is 294 Å². The van der Waals surface area contributed by atoms with Crippen molar-refractivity contribution in [3.05, 3.63) is 108 Å². The molecular weight excluding hydrogens is 659 g/mol. The molecule has 2 aromatic rings. The molecule has 4 atom stereocenters. The van der Waals surface area contributed by atoms with Gasteiger partial charge in [0.15, 0.2) is 0 Å². The van der Waals surface area contributed by atoms with Gasteiger partial charge in [-0.05, 0) is 57.1 Å². The van der Waals surface area contributed by atoms with Gasteiger partial charge in [-0.3, -0.25) is 13.9 Å². The van der Waals surface area contributed by atoms with Crippen LogP contribution < -0.4 is 26.4 Å². The van der Waals surface area contributed by atoms with Crippen molar-refractivity contribution in [3.8, 4) is 5.75 Å². The van der Waals surface area contributed by atoms with Crippen molar-refractivity contribution in [2.24, 2.45) is 0 Å². The molecule has 1 amide bonds. The average Bonchev–Trinajstić information content (AvgIpc) is 3.47. The Morgan fingerprint density at radius 2 is 1.66 bits per heavy atom. The summed E-state index contributed by atoms with van der Waals surface area (Å²) in [6, 6.07) is 8.48. The van der Waals surface area contributed by atoms with Gasteiger partial charge < -0.3 is 25.4 Å². The van der Waals surface area contributed by atoms with Gasteiger partial charge in [0, 0.05) is 25.9 Å². The molecule has 272 valence electrons. The molecule has 0 spiro atoms. The number of unbranched alkanes of at least 4 members (excludes halogenated alkanes) is 1. The highest BCUT2D eigenvalue weighted by Gasteiger charge is 2.38. The first-order chi connectivity index (χ1) is 24.3. The van der Waals surface area contributed by atoms with Gasteiger partial charge in [0.1, 0.15) is 24.4 Å². The van der Waals surface area contributed by atoms with Gasteiger partial charge in [-0.25, -0.2) is 19.4 Å². The predicted molar refractivity (Wildman–Crippen MR) is 195 cm³/mol. The second kappa shape index (κ2) is 23.3. The smallest absolute Gasteiger partial charge is 0.413 e. The number of amides is 1. The molecule has 14 heteroatoms. The zero-order chi connectivity index (χ0) is 35.9. The average molecular weight is 711 g/mol. The standard InChI is InChI=1S/C36H51N6O7P/c1-2-3-4-5-6-7-8-9-10-11-12-13-14-15-16-17-21-24-33(44)38-25-26-40-50(46,49-30-22-19-18-20-23-30)47-28-32-31(43)27-34(48-32)42-29-39-35(37)41-36(42)45/h3-4,6-7,9-10,12-13,15-16,18-20,22-23,29,31-32,34,43H,2,5,8,11,14,17,21,24-28H2,1H3,(H,38,44)(H,40,46)(H2,37,41,45)/b4-3-,7-6-,10-9-,13-12-,16-15-/t31-,32+,34?,50?/m0/s1. The number of carbonyl (C=O) groups is 1. The zero-order valence-corrected chi connectivity index (χ0v) is 29.6. The maximum absolute atomic E-state index is 13.7. The van der Waals surface area contributed by atoms with E-state index >= 15 is 0 Å². The van der Waals surface area contributed by atoms with Gasteiger partial charge in [-0.15, -0.1) is 0 Å². The second-order valence-electron chi connectivity index (χ2n) is 11.4. The number of nitrogens with zero attached hydrogens (tertiary/aromatic N) is 3. The number of anilines is 1. The molecule has 2 unspecified atom stereocenters. The summed E-state index contributed by atoms with van der Waals surface area (Å²) in [6.07, 6.45) is 26.6.